The fraction of sp³-hybridized carbons (Fsp3) is 0.667. The van der Waals surface area contributed by atoms with Crippen molar-refractivity contribution in [3.63, 3.8) is 0 Å². The summed E-state index contributed by atoms with van der Waals surface area (Å²) in [6.45, 7) is 4.49. The SMILES string of the molecule is C[C@@H]1CN(C)CC[C@@H]1N(C)C(=O)[C@H]1C[C@@]12CCCc1ccccc12. The predicted molar refractivity (Wildman–Crippen MR) is 97.0 cm³/mol. The summed E-state index contributed by atoms with van der Waals surface area (Å²) < 4.78 is 0. The van der Waals surface area contributed by atoms with Crippen LogP contribution in [0.4, 0.5) is 0 Å². The minimum atomic E-state index is 0.162. The zero-order valence-corrected chi connectivity index (χ0v) is 15.3. The molecule has 3 aliphatic rings. The second-order valence-electron chi connectivity index (χ2n) is 8.47. The molecule has 2 fully saturated rings. The van der Waals surface area contributed by atoms with Crippen molar-refractivity contribution in [1.82, 2.24) is 9.80 Å². The van der Waals surface area contributed by atoms with E-state index in [1.54, 1.807) is 0 Å². The molecule has 1 saturated carbocycles. The van der Waals surface area contributed by atoms with Crippen LogP contribution in [-0.4, -0.2) is 48.9 Å². The van der Waals surface area contributed by atoms with Gasteiger partial charge in [-0.1, -0.05) is 31.2 Å². The highest BCUT2D eigenvalue weighted by molar-refractivity contribution is 5.85. The number of hydrogen-bond donors (Lipinski definition) is 0. The minimum Gasteiger partial charge on any atom is -0.342 e. The molecule has 4 rings (SSSR count). The van der Waals surface area contributed by atoms with Crippen LogP contribution in [0, 0.1) is 11.8 Å². The monoisotopic (exact) mass is 326 g/mol. The molecule has 3 nitrogen and oxygen atoms in total. The molecule has 0 unspecified atom stereocenters. The van der Waals surface area contributed by atoms with Crippen molar-refractivity contribution < 1.29 is 4.79 Å². The number of fused-ring (bicyclic) bond motifs is 2. The first-order chi connectivity index (χ1) is 11.5. The molecular weight excluding hydrogens is 296 g/mol. The molecule has 2 aliphatic carbocycles. The van der Waals surface area contributed by atoms with Gasteiger partial charge in [0, 0.05) is 31.0 Å². The highest BCUT2D eigenvalue weighted by atomic mass is 16.2. The molecule has 0 aromatic heterocycles. The molecule has 24 heavy (non-hydrogen) atoms. The molecule has 1 amide bonds. The van der Waals surface area contributed by atoms with E-state index < -0.39 is 0 Å². The topological polar surface area (TPSA) is 23.6 Å². The first kappa shape index (κ1) is 16.1. The third-order valence-electron chi connectivity index (χ3n) is 6.90. The van der Waals surface area contributed by atoms with Gasteiger partial charge >= 0.3 is 0 Å². The number of piperidine rings is 1. The number of nitrogens with zero attached hydrogens (tertiary/aromatic N) is 2. The number of carbonyl (C=O) groups is 1. The summed E-state index contributed by atoms with van der Waals surface area (Å²) in [6.07, 6.45) is 5.78. The fourth-order valence-corrected chi connectivity index (χ4v) is 5.48. The summed E-state index contributed by atoms with van der Waals surface area (Å²) in [4.78, 5) is 17.7. The number of amides is 1. The van der Waals surface area contributed by atoms with Gasteiger partial charge in [-0.3, -0.25) is 4.79 Å². The summed E-state index contributed by atoms with van der Waals surface area (Å²) in [5.41, 5.74) is 3.11. The van der Waals surface area contributed by atoms with Crippen LogP contribution < -0.4 is 0 Å². The van der Waals surface area contributed by atoms with Crippen LogP contribution in [-0.2, 0) is 16.6 Å². The Morgan fingerprint density at radius 3 is 2.92 bits per heavy atom. The zero-order chi connectivity index (χ0) is 16.9. The van der Waals surface area contributed by atoms with Crippen molar-refractivity contribution in [3.8, 4) is 0 Å². The van der Waals surface area contributed by atoms with Gasteiger partial charge in [0.25, 0.3) is 0 Å². The first-order valence-electron chi connectivity index (χ1n) is 9.56. The standard InChI is InChI=1S/C21H30N2O/c1-15-14-22(2)12-10-19(15)23(3)20(24)18-13-21(18)11-6-8-16-7-4-5-9-17(16)21/h4-5,7,9,15,18-19H,6,8,10-14H2,1-3H3/t15-,18-,19+,21-/m1/s1. The van der Waals surface area contributed by atoms with E-state index in [0.29, 0.717) is 17.9 Å². The normalized spacial score (nSPS) is 35.5. The molecule has 1 saturated heterocycles. The molecule has 0 radical (unpaired) electrons. The second-order valence-corrected chi connectivity index (χ2v) is 8.47. The lowest BCUT2D eigenvalue weighted by molar-refractivity contribution is -0.135. The molecular formula is C21H30N2O. The Kier molecular flexibility index (Phi) is 3.95. The van der Waals surface area contributed by atoms with Gasteiger partial charge in [-0.15, -0.1) is 0 Å². The summed E-state index contributed by atoms with van der Waals surface area (Å²) >= 11 is 0. The molecule has 130 valence electrons. The van der Waals surface area contributed by atoms with Crippen molar-refractivity contribution in [2.75, 3.05) is 27.2 Å². The van der Waals surface area contributed by atoms with Crippen molar-refractivity contribution >= 4 is 5.91 Å². The highest BCUT2D eigenvalue weighted by Crippen LogP contribution is 2.60. The lowest BCUT2D eigenvalue weighted by Crippen LogP contribution is -2.50. The van der Waals surface area contributed by atoms with Crippen LogP contribution in [0.25, 0.3) is 0 Å². The van der Waals surface area contributed by atoms with E-state index in [1.165, 1.54) is 30.4 Å². The summed E-state index contributed by atoms with van der Waals surface area (Å²) in [5.74, 6) is 1.18. The third-order valence-corrected chi connectivity index (χ3v) is 6.90. The van der Waals surface area contributed by atoms with Crippen LogP contribution in [0.1, 0.15) is 43.7 Å². The van der Waals surface area contributed by atoms with Gasteiger partial charge in [-0.2, -0.15) is 0 Å². The smallest absolute Gasteiger partial charge is 0.226 e. The van der Waals surface area contributed by atoms with Gasteiger partial charge in [0.05, 0.1) is 0 Å². The van der Waals surface area contributed by atoms with Crippen molar-refractivity contribution in [2.45, 2.75) is 50.5 Å². The van der Waals surface area contributed by atoms with Gasteiger partial charge in [0.2, 0.25) is 5.91 Å². The van der Waals surface area contributed by atoms with E-state index in [0.717, 1.165) is 25.9 Å². The first-order valence-corrected chi connectivity index (χ1v) is 9.56. The van der Waals surface area contributed by atoms with Crippen LogP contribution in [0.2, 0.25) is 0 Å². The maximum Gasteiger partial charge on any atom is 0.226 e. The number of likely N-dealkylation sites (tertiary alicyclic amines) is 1. The number of rotatable bonds is 2. The Morgan fingerprint density at radius 2 is 2.12 bits per heavy atom. The lowest BCUT2D eigenvalue weighted by Gasteiger charge is -2.40. The number of carbonyl (C=O) groups excluding carboxylic acids is 1. The Hall–Kier alpha value is -1.35. The second kappa shape index (κ2) is 5.87. The Morgan fingerprint density at radius 1 is 1.33 bits per heavy atom. The fourth-order valence-electron chi connectivity index (χ4n) is 5.48. The summed E-state index contributed by atoms with van der Waals surface area (Å²) in [7, 11) is 4.24. The van der Waals surface area contributed by atoms with Crippen LogP contribution in [0.3, 0.4) is 0 Å². The van der Waals surface area contributed by atoms with E-state index >= 15 is 0 Å². The molecule has 1 heterocycles. The summed E-state index contributed by atoms with van der Waals surface area (Å²) in [5, 5.41) is 0. The van der Waals surface area contributed by atoms with Crippen molar-refractivity contribution in [2.24, 2.45) is 11.8 Å². The maximum absolute atomic E-state index is 13.2. The largest absolute Gasteiger partial charge is 0.342 e. The third kappa shape index (κ3) is 2.48. The quantitative estimate of drug-likeness (QED) is 0.834. The van der Waals surface area contributed by atoms with E-state index in [1.807, 2.05) is 0 Å². The summed E-state index contributed by atoms with van der Waals surface area (Å²) in [6, 6.07) is 9.24. The average molecular weight is 326 g/mol. The lowest BCUT2D eigenvalue weighted by atomic mass is 9.78. The molecule has 1 aromatic rings. The van der Waals surface area contributed by atoms with Gasteiger partial charge in [0.1, 0.15) is 0 Å². The molecule has 1 aliphatic heterocycles. The average Bonchev–Trinajstić information content (AvgIpc) is 3.29. The van der Waals surface area contributed by atoms with Gasteiger partial charge in [-0.05, 0) is 62.7 Å². The maximum atomic E-state index is 13.2. The Labute approximate surface area is 146 Å². The molecule has 1 aromatic carbocycles. The van der Waals surface area contributed by atoms with Gasteiger partial charge in [-0.25, -0.2) is 0 Å². The zero-order valence-electron chi connectivity index (χ0n) is 15.3. The molecule has 3 heteroatoms. The van der Waals surface area contributed by atoms with E-state index in [2.05, 4.69) is 55.1 Å². The molecule has 0 bridgehead atoms. The number of aryl methyl sites for hydroxylation is 1. The van der Waals surface area contributed by atoms with Crippen LogP contribution >= 0.6 is 0 Å². The molecule has 4 atom stereocenters. The van der Waals surface area contributed by atoms with E-state index in [-0.39, 0.29) is 11.3 Å². The van der Waals surface area contributed by atoms with Crippen LogP contribution in [0.15, 0.2) is 24.3 Å². The predicted octanol–water partition coefficient (Wildman–Crippen LogP) is 3.08. The van der Waals surface area contributed by atoms with E-state index in [4.69, 9.17) is 0 Å². The van der Waals surface area contributed by atoms with Gasteiger partial charge < -0.3 is 9.80 Å². The Bertz CT molecular complexity index is 642. The minimum absolute atomic E-state index is 0.162. The van der Waals surface area contributed by atoms with E-state index in [9.17, 15) is 4.79 Å². The number of benzene rings is 1. The van der Waals surface area contributed by atoms with Crippen LogP contribution in [0.5, 0.6) is 0 Å². The highest BCUT2D eigenvalue weighted by Gasteiger charge is 2.61. The molecule has 0 N–H and O–H groups in total. The van der Waals surface area contributed by atoms with Gasteiger partial charge in [0.15, 0.2) is 0 Å². The van der Waals surface area contributed by atoms with Crippen molar-refractivity contribution in [1.29, 1.82) is 0 Å². The van der Waals surface area contributed by atoms with Crippen molar-refractivity contribution in [3.05, 3.63) is 35.4 Å². The molecule has 1 spiro atoms. The Balaban J connectivity index is 1.51. The number of hydrogen-bond acceptors (Lipinski definition) is 2.